The van der Waals surface area contributed by atoms with Gasteiger partial charge in [0.05, 0.1) is 11.0 Å². The number of likely N-dealkylation sites (N-methyl/N-ethyl adjacent to an activating group) is 1. The molecule has 1 fully saturated rings. The summed E-state index contributed by atoms with van der Waals surface area (Å²) in [6.45, 7) is 0.916. The van der Waals surface area contributed by atoms with E-state index >= 15 is 0 Å². The third kappa shape index (κ3) is 6.25. The molecule has 1 aliphatic carbocycles. The second-order valence-corrected chi connectivity index (χ2v) is 9.34. The lowest BCUT2D eigenvalue weighted by Crippen LogP contribution is -2.40. The third-order valence-electron chi connectivity index (χ3n) is 6.93. The Morgan fingerprint density at radius 2 is 1.74 bits per heavy atom. The Labute approximate surface area is 202 Å². The SMILES string of the molecule is CN(C(=O)Cn1c(CCCNC(=O)CCc2ccccc2)nc2ccccc21)C1CCCCC1. The number of imidazole rings is 1. The largest absolute Gasteiger partial charge is 0.356 e. The minimum absolute atomic E-state index is 0.0710. The van der Waals surface area contributed by atoms with Gasteiger partial charge in [-0.25, -0.2) is 4.98 Å². The van der Waals surface area contributed by atoms with Crippen molar-refractivity contribution < 1.29 is 9.59 Å². The molecule has 1 heterocycles. The van der Waals surface area contributed by atoms with Crippen molar-refractivity contribution >= 4 is 22.8 Å². The van der Waals surface area contributed by atoms with Crippen LogP contribution in [-0.2, 0) is 29.0 Å². The molecule has 0 aliphatic heterocycles. The number of benzene rings is 2. The van der Waals surface area contributed by atoms with Crippen LogP contribution in [0.15, 0.2) is 54.6 Å². The van der Waals surface area contributed by atoms with Crippen molar-refractivity contribution in [2.75, 3.05) is 13.6 Å². The van der Waals surface area contributed by atoms with Crippen LogP contribution in [0.3, 0.4) is 0 Å². The maximum absolute atomic E-state index is 13.1. The van der Waals surface area contributed by atoms with Crippen LogP contribution in [0.2, 0.25) is 0 Å². The number of rotatable bonds is 10. The minimum atomic E-state index is 0.0710. The van der Waals surface area contributed by atoms with Gasteiger partial charge in [0.15, 0.2) is 0 Å². The zero-order valence-corrected chi connectivity index (χ0v) is 20.2. The quantitative estimate of drug-likeness (QED) is 0.453. The fourth-order valence-electron chi connectivity index (χ4n) is 4.88. The average molecular weight is 461 g/mol. The number of nitrogens with zero attached hydrogens (tertiary/aromatic N) is 3. The first-order valence-electron chi connectivity index (χ1n) is 12.6. The number of carbonyl (C=O) groups is 2. The van der Waals surface area contributed by atoms with Crippen molar-refractivity contribution in [2.45, 2.75) is 70.4 Å². The van der Waals surface area contributed by atoms with Gasteiger partial charge < -0.3 is 14.8 Å². The van der Waals surface area contributed by atoms with Gasteiger partial charge in [-0.15, -0.1) is 0 Å². The van der Waals surface area contributed by atoms with Crippen LogP contribution in [0.1, 0.15) is 56.3 Å². The first-order chi connectivity index (χ1) is 16.6. The molecule has 1 saturated carbocycles. The van der Waals surface area contributed by atoms with Gasteiger partial charge in [0.2, 0.25) is 11.8 Å². The molecule has 4 rings (SSSR count). The zero-order chi connectivity index (χ0) is 23.8. The molecule has 0 unspecified atom stereocenters. The van der Waals surface area contributed by atoms with E-state index in [1.807, 2.05) is 66.5 Å². The Kier molecular flexibility index (Phi) is 8.34. The van der Waals surface area contributed by atoms with E-state index in [-0.39, 0.29) is 11.8 Å². The van der Waals surface area contributed by atoms with Gasteiger partial charge in [0.25, 0.3) is 0 Å². The summed E-state index contributed by atoms with van der Waals surface area (Å²) in [6, 6.07) is 18.4. The molecular weight excluding hydrogens is 424 g/mol. The zero-order valence-electron chi connectivity index (χ0n) is 20.2. The van der Waals surface area contributed by atoms with E-state index in [1.165, 1.54) is 24.8 Å². The van der Waals surface area contributed by atoms with Gasteiger partial charge in [-0.1, -0.05) is 61.7 Å². The lowest BCUT2D eigenvalue weighted by Gasteiger charge is -2.31. The predicted octanol–water partition coefficient (Wildman–Crippen LogP) is 4.51. The van der Waals surface area contributed by atoms with E-state index in [4.69, 9.17) is 4.98 Å². The molecule has 6 nitrogen and oxygen atoms in total. The molecule has 6 heteroatoms. The lowest BCUT2D eigenvalue weighted by molar-refractivity contribution is -0.133. The number of fused-ring (bicyclic) bond motifs is 1. The number of hydrogen-bond acceptors (Lipinski definition) is 3. The fourth-order valence-corrected chi connectivity index (χ4v) is 4.88. The Hall–Kier alpha value is -3.15. The number of hydrogen-bond donors (Lipinski definition) is 1. The average Bonchev–Trinajstić information content (AvgIpc) is 3.23. The van der Waals surface area contributed by atoms with E-state index in [2.05, 4.69) is 9.88 Å². The fraction of sp³-hybridized carbons (Fsp3) is 0.464. The normalized spacial score (nSPS) is 14.3. The minimum Gasteiger partial charge on any atom is -0.356 e. The van der Waals surface area contributed by atoms with Crippen LogP contribution >= 0.6 is 0 Å². The number of aryl methyl sites for hydroxylation is 2. The smallest absolute Gasteiger partial charge is 0.242 e. The van der Waals surface area contributed by atoms with Crippen molar-refractivity contribution in [3.05, 3.63) is 66.0 Å². The first kappa shape index (κ1) is 24.0. The predicted molar refractivity (Wildman–Crippen MR) is 135 cm³/mol. The van der Waals surface area contributed by atoms with Crippen LogP contribution in [0.5, 0.6) is 0 Å². The summed E-state index contributed by atoms with van der Waals surface area (Å²) < 4.78 is 2.06. The van der Waals surface area contributed by atoms with Crippen LogP contribution in [0.25, 0.3) is 11.0 Å². The van der Waals surface area contributed by atoms with Crippen molar-refractivity contribution in [3.63, 3.8) is 0 Å². The maximum atomic E-state index is 13.1. The number of aromatic nitrogens is 2. The third-order valence-corrected chi connectivity index (χ3v) is 6.93. The lowest BCUT2D eigenvalue weighted by atomic mass is 9.94. The van der Waals surface area contributed by atoms with E-state index < -0.39 is 0 Å². The van der Waals surface area contributed by atoms with Crippen molar-refractivity contribution in [3.8, 4) is 0 Å². The van der Waals surface area contributed by atoms with E-state index in [0.29, 0.717) is 32.0 Å². The molecular formula is C28H36N4O2. The summed E-state index contributed by atoms with van der Waals surface area (Å²) in [5.41, 5.74) is 3.08. The number of nitrogens with one attached hydrogen (secondary N) is 1. The highest BCUT2D eigenvalue weighted by Crippen LogP contribution is 2.23. The Balaban J connectivity index is 1.32. The second-order valence-electron chi connectivity index (χ2n) is 9.34. The van der Waals surface area contributed by atoms with Crippen LogP contribution < -0.4 is 5.32 Å². The van der Waals surface area contributed by atoms with Crippen molar-refractivity contribution in [1.29, 1.82) is 0 Å². The molecule has 1 aromatic heterocycles. The van der Waals surface area contributed by atoms with E-state index in [0.717, 1.165) is 42.5 Å². The molecule has 0 bridgehead atoms. The van der Waals surface area contributed by atoms with Crippen LogP contribution in [0.4, 0.5) is 0 Å². The highest BCUT2D eigenvalue weighted by Gasteiger charge is 2.23. The first-order valence-corrected chi connectivity index (χ1v) is 12.6. The van der Waals surface area contributed by atoms with Crippen LogP contribution in [-0.4, -0.2) is 45.9 Å². The summed E-state index contributed by atoms with van der Waals surface area (Å²) in [5, 5.41) is 3.03. The maximum Gasteiger partial charge on any atom is 0.242 e. The highest BCUT2D eigenvalue weighted by atomic mass is 16.2. The number of carbonyl (C=O) groups excluding carboxylic acids is 2. The number of para-hydroxylation sites is 2. The Morgan fingerprint density at radius 1 is 1.00 bits per heavy atom. The topological polar surface area (TPSA) is 67.2 Å². The summed E-state index contributed by atoms with van der Waals surface area (Å²) in [5.74, 6) is 1.12. The molecule has 1 aliphatic rings. The summed E-state index contributed by atoms with van der Waals surface area (Å²) in [6.07, 6.45) is 8.63. The molecule has 0 saturated heterocycles. The molecule has 34 heavy (non-hydrogen) atoms. The van der Waals surface area contributed by atoms with Gasteiger partial charge in [-0.05, 0) is 43.4 Å². The molecule has 0 radical (unpaired) electrons. The van der Waals surface area contributed by atoms with Crippen LogP contribution in [0, 0.1) is 0 Å². The van der Waals surface area contributed by atoms with E-state index in [1.54, 1.807) is 0 Å². The Bertz CT molecular complexity index is 1090. The van der Waals surface area contributed by atoms with Gasteiger partial charge in [-0.3, -0.25) is 9.59 Å². The van der Waals surface area contributed by atoms with E-state index in [9.17, 15) is 9.59 Å². The standard InChI is InChI=1S/C28H36N4O2/c1-31(23-13-6-3-7-14-23)28(34)21-32-25-16-9-8-15-24(25)30-26(32)17-10-20-29-27(33)19-18-22-11-4-2-5-12-22/h2,4-5,8-9,11-12,15-16,23H,3,6-7,10,13-14,17-21H2,1H3,(H,29,33). The van der Waals surface area contributed by atoms with Gasteiger partial charge in [0.1, 0.15) is 12.4 Å². The van der Waals surface area contributed by atoms with Crippen molar-refractivity contribution in [2.24, 2.45) is 0 Å². The monoisotopic (exact) mass is 460 g/mol. The molecule has 2 aromatic carbocycles. The highest BCUT2D eigenvalue weighted by molar-refractivity contribution is 5.81. The summed E-state index contributed by atoms with van der Waals surface area (Å²) in [4.78, 5) is 32.1. The van der Waals surface area contributed by atoms with Gasteiger partial charge in [-0.2, -0.15) is 0 Å². The second kappa shape index (κ2) is 11.8. The molecule has 2 amide bonds. The molecule has 0 spiro atoms. The number of amides is 2. The van der Waals surface area contributed by atoms with Gasteiger partial charge >= 0.3 is 0 Å². The summed E-state index contributed by atoms with van der Waals surface area (Å²) >= 11 is 0. The molecule has 0 atom stereocenters. The summed E-state index contributed by atoms with van der Waals surface area (Å²) in [7, 11) is 1.95. The molecule has 180 valence electrons. The molecule has 1 N–H and O–H groups in total. The van der Waals surface area contributed by atoms with Gasteiger partial charge in [0, 0.05) is 32.5 Å². The Morgan fingerprint density at radius 3 is 2.53 bits per heavy atom. The van der Waals surface area contributed by atoms with Crippen molar-refractivity contribution in [1.82, 2.24) is 19.8 Å². The molecule has 3 aromatic rings.